The zero-order chi connectivity index (χ0) is 14.2. The SMILES string of the molecule is FC(F)(F)c1cnc(NCC2CN(C3CC3)CCO2)s1. The van der Waals surface area contributed by atoms with Crippen LogP contribution in [0, 0.1) is 0 Å². The van der Waals surface area contributed by atoms with Gasteiger partial charge in [-0.1, -0.05) is 11.3 Å². The number of thiazole rings is 1. The van der Waals surface area contributed by atoms with Crippen molar-refractivity contribution in [1.29, 1.82) is 0 Å². The second kappa shape index (κ2) is 5.50. The van der Waals surface area contributed by atoms with Gasteiger partial charge in [0.1, 0.15) is 4.88 Å². The molecule has 1 saturated heterocycles. The van der Waals surface area contributed by atoms with Gasteiger partial charge in [0, 0.05) is 25.7 Å². The van der Waals surface area contributed by atoms with Gasteiger partial charge < -0.3 is 10.1 Å². The molecule has 2 fully saturated rings. The minimum atomic E-state index is -4.32. The van der Waals surface area contributed by atoms with Crippen LogP contribution in [-0.4, -0.2) is 48.3 Å². The molecule has 0 bridgehead atoms. The first-order chi connectivity index (χ1) is 9.52. The lowest BCUT2D eigenvalue weighted by Crippen LogP contribution is -2.46. The lowest BCUT2D eigenvalue weighted by atomic mass is 10.2. The van der Waals surface area contributed by atoms with Crippen molar-refractivity contribution in [3.05, 3.63) is 11.1 Å². The van der Waals surface area contributed by atoms with E-state index in [1.807, 2.05) is 0 Å². The Balaban J connectivity index is 1.50. The summed E-state index contributed by atoms with van der Waals surface area (Å²) in [5.74, 6) is 0. The molecule has 1 aliphatic carbocycles. The van der Waals surface area contributed by atoms with Gasteiger partial charge in [-0.05, 0) is 12.8 Å². The van der Waals surface area contributed by atoms with Gasteiger partial charge in [0.25, 0.3) is 0 Å². The third kappa shape index (κ3) is 3.42. The Morgan fingerprint density at radius 3 is 2.90 bits per heavy atom. The topological polar surface area (TPSA) is 37.4 Å². The Kier molecular flexibility index (Phi) is 3.87. The summed E-state index contributed by atoms with van der Waals surface area (Å²) in [6.07, 6.45) is -0.932. The summed E-state index contributed by atoms with van der Waals surface area (Å²) >= 11 is 0.631. The molecule has 1 saturated carbocycles. The van der Waals surface area contributed by atoms with E-state index in [0.717, 1.165) is 19.3 Å². The quantitative estimate of drug-likeness (QED) is 0.927. The first-order valence-electron chi connectivity index (χ1n) is 6.65. The van der Waals surface area contributed by atoms with Crippen LogP contribution in [-0.2, 0) is 10.9 Å². The largest absolute Gasteiger partial charge is 0.427 e. The number of hydrogen-bond donors (Lipinski definition) is 1. The molecule has 0 amide bonds. The number of anilines is 1. The van der Waals surface area contributed by atoms with E-state index in [9.17, 15) is 13.2 Å². The predicted molar refractivity (Wildman–Crippen MR) is 69.9 cm³/mol. The Hall–Kier alpha value is -0.860. The first-order valence-corrected chi connectivity index (χ1v) is 7.46. The predicted octanol–water partition coefficient (Wildman–Crippen LogP) is 2.44. The van der Waals surface area contributed by atoms with Gasteiger partial charge in [-0.25, -0.2) is 4.98 Å². The maximum atomic E-state index is 12.5. The normalized spacial score (nSPS) is 24.9. The number of nitrogens with zero attached hydrogens (tertiary/aromatic N) is 2. The standard InChI is InChI=1S/C12H16F3N3OS/c13-12(14,15)10-6-17-11(20-10)16-5-9-7-18(3-4-19-9)8-1-2-8/h6,8-9H,1-5,7H2,(H,16,17). The lowest BCUT2D eigenvalue weighted by Gasteiger charge is -2.33. The van der Waals surface area contributed by atoms with Gasteiger partial charge in [0.2, 0.25) is 0 Å². The smallest absolute Gasteiger partial charge is 0.374 e. The minimum Gasteiger partial charge on any atom is -0.374 e. The van der Waals surface area contributed by atoms with E-state index in [4.69, 9.17) is 4.74 Å². The van der Waals surface area contributed by atoms with Crippen LogP contribution in [0.2, 0.25) is 0 Å². The van der Waals surface area contributed by atoms with Gasteiger partial charge in [-0.2, -0.15) is 13.2 Å². The molecule has 0 radical (unpaired) electrons. The van der Waals surface area contributed by atoms with Crippen LogP contribution in [0.15, 0.2) is 6.20 Å². The molecule has 1 unspecified atom stereocenters. The van der Waals surface area contributed by atoms with Gasteiger partial charge in [0.15, 0.2) is 5.13 Å². The zero-order valence-corrected chi connectivity index (χ0v) is 11.6. The Morgan fingerprint density at radius 2 is 2.25 bits per heavy atom. The van der Waals surface area contributed by atoms with Crippen molar-refractivity contribution in [3.63, 3.8) is 0 Å². The number of alkyl halides is 3. The van der Waals surface area contributed by atoms with E-state index in [0.29, 0.717) is 35.7 Å². The highest BCUT2D eigenvalue weighted by Crippen LogP contribution is 2.35. The molecule has 1 aliphatic heterocycles. The van der Waals surface area contributed by atoms with Crippen LogP contribution >= 0.6 is 11.3 Å². The molecule has 1 N–H and O–H groups in total. The summed E-state index contributed by atoms with van der Waals surface area (Å²) in [5, 5.41) is 3.24. The fourth-order valence-electron chi connectivity index (χ4n) is 2.33. The van der Waals surface area contributed by atoms with Crippen molar-refractivity contribution < 1.29 is 17.9 Å². The number of nitrogens with one attached hydrogen (secondary N) is 1. The zero-order valence-electron chi connectivity index (χ0n) is 10.8. The average molecular weight is 307 g/mol. The molecule has 8 heteroatoms. The second-order valence-electron chi connectivity index (χ2n) is 5.13. The second-order valence-corrected chi connectivity index (χ2v) is 6.16. The summed E-state index contributed by atoms with van der Waals surface area (Å²) in [6.45, 7) is 2.98. The highest BCUT2D eigenvalue weighted by atomic mass is 32.1. The number of halogens is 3. The van der Waals surface area contributed by atoms with E-state index in [2.05, 4.69) is 15.2 Å². The third-order valence-corrected chi connectivity index (χ3v) is 4.50. The molecular formula is C12H16F3N3OS. The van der Waals surface area contributed by atoms with Crippen LogP contribution in [0.3, 0.4) is 0 Å². The number of rotatable bonds is 4. The summed E-state index contributed by atoms with van der Waals surface area (Å²) < 4.78 is 43.0. The Bertz CT molecular complexity index is 461. The molecule has 2 aliphatic rings. The van der Waals surface area contributed by atoms with Crippen molar-refractivity contribution in [2.45, 2.75) is 31.2 Å². The Labute approximate surface area is 118 Å². The fraction of sp³-hybridized carbons (Fsp3) is 0.750. The molecule has 0 spiro atoms. The monoisotopic (exact) mass is 307 g/mol. The van der Waals surface area contributed by atoms with Gasteiger partial charge in [-0.15, -0.1) is 0 Å². The highest BCUT2D eigenvalue weighted by molar-refractivity contribution is 7.15. The molecule has 1 aromatic rings. The average Bonchev–Trinajstić information content (AvgIpc) is 3.14. The summed E-state index contributed by atoms with van der Waals surface area (Å²) in [4.78, 5) is 5.48. The van der Waals surface area contributed by atoms with Crippen molar-refractivity contribution in [3.8, 4) is 0 Å². The maximum absolute atomic E-state index is 12.5. The highest BCUT2D eigenvalue weighted by Gasteiger charge is 2.34. The van der Waals surface area contributed by atoms with E-state index in [1.54, 1.807) is 0 Å². The minimum absolute atomic E-state index is 0.0163. The van der Waals surface area contributed by atoms with Crippen LogP contribution in [0.4, 0.5) is 18.3 Å². The number of morpholine rings is 1. The molecule has 20 heavy (non-hydrogen) atoms. The van der Waals surface area contributed by atoms with Crippen LogP contribution in [0.1, 0.15) is 17.7 Å². The van der Waals surface area contributed by atoms with Crippen LogP contribution in [0.25, 0.3) is 0 Å². The third-order valence-electron chi connectivity index (χ3n) is 3.50. The van der Waals surface area contributed by atoms with Gasteiger partial charge in [-0.3, -0.25) is 4.90 Å². The summed E-state index contributed by atoms with van der Waals surface area (Å²) in [5.41, 5.74) is 0. The van der Waals surface area contributed by atoms with Crippen molar-refractivity contribution in [1.82, 2.24) is 9.88 Å². The molecule has 1 atom stereocenters. The number of ether oxygens (including phenoxy) is 1. The summed E-state index contributed by atoms with van der Waals surface area (Å²) in [6, 6.07) is 0.693. The molecule has 0 aromatic carbocycles. The molecule has 2 heterocycles. The van der Waals surface area contributed by atoms with Gasteiger partial charge in [0.05, 0.1) is 18.9 Å². The number of hydrogen-bond acceptors (Lipinski definition) is 5. The first kappa shape index (κ1) is 14.1. The number of aromatic nitrogens is 1. The lowest BCUT2D eigenvalue weighted by molar-refractivity contribution is -0.134. The maximum Gasteiger partial charge on any atom is 0.427 e. The van der Waals surface area contributed by atoms with Gasteiger partial charge >= 0.3 is 6.18 Å². The molecule has 1 aromatic heterocycles. The fourth-order valence-corrected chi connectivity index (χ4v) is 3.02. The molecule has 3 rings (SSSR count). The van der Waals surface area contributed by atoms with E-state index >= 15 is 0 Å². The van der Waals surface area contributed by atoms with E-state index in [-0.39, 0.29) is 6.10 Å². The van der Waals surface area contributed by atoms with Crippen molar-refractivity contribution >= 4 is 16.5 Å². The Morgan fingerprint density at radius 1 is 1.45 bits per heavy atom. The summed E-state index contributed by atoms with van der Waals surface area (Å²) in [7, 11) is 0. The molecule has 4 nitrogen and oxygen atoms in total. The van der Waals surface area contributed by atoms with Crippen molar-refractivity contribution in [2.75, 3.05) is 31.6 Å². The van der Waals surface area contributed by atoms with Crippen molar-refractivity contribution in [2.24, 2.45) is 0 Å². The van der Waals surface area contributed by atoms with E-state index < -0.39 is 11.1 Å². The molecular weight excluding hydrogens is 291 g/mol. The van der Waals surface area contributed by atoms with Crippen LogP contribution in [0.5, 0.6) is 0 Å². The molecule has 112 valence electrons. The van der Waals surface area contributed by atoms with E-state index in [1.165, 1.54) is 12.8 Å². The van der Waals surface area contributed by atoms with Crippen LogP contribution < -0.4 is 5.32 Å².